The Balaban J connectivity index is 2.82. The van der Waals surface area contributed by atoms with Crippen molar-refractivity contribution in [2.45, 2.75) is 32.2 Å². The van der Waals surface area contributed by atoms with Gasteiger partial charge < -0.3 is 4.43 Å². The van der Waals surface area contributed by atoms with Crippen molar-refractivity contribution in [1.29, 1.82) is 0 Å². The highest BCUT2D eigenvalue weighted by molar-refractivity contribution is 7.63. The molecular weight excluding hydrogens is 220 g/mol. The summed E-state index contributed by atoms with van der Waals surface area (Å²) >= 11 is 5.99. The molecule has 0 aromatic rings. The molecule has 1 rings (SSSR count). The van der Waals surface area contributed by atoms with E-state index in [0.29, 0.717) is 0 Å². The summed E-state index contributed by atoms with van der Waals surface area (Å²) in [6.45, 7) is 11.1. The van der Waals surface area contributed by atoms with Crippen LogP contribution in [0.25, 0.3) is 0 Å². The quantitative estimate of drug-likeness (QED) is 0.502. The second-order valence-electron chi connectivity index (χ2n) is 4.87. The maximum Gasteiger partial charge on any atom is 0.176 e. The molecule has 0 saturated carbocycles. The van der Waals surface area contributed by atoms with E-state index in [1.807, 2.05) is 0 Å². The lowest BCUT2D eigenvalue weighted by Crippen LogP contribution is -2.69. The zero-order valence-electron chi connectivity index (χ0n) is 8.48. The van der Waals surface area contributed by atoms with Gasteiger partial charge in [-0.2, -0.15) is 0 Å². The highest BCUT2D eigenvalue weighted by Crippen LogP contribution is 2.30. The highest BCUT2D eigenvalue weighted by atomic mass is 35.5. The Kier molecular flexibility index (Phi) is 3.27. The number of hydrogen-bond acceptors (Lipinski definition) is 1. The molecule has 5 heteroatoms. The van der Waals surface area contributed by atoms with Gasteiger partial charge in [-0.1, -0.05) is 26.2 Å². The Labute approximate surface area is 83.8 Å². The Bertz CT molecular complexity index is 172. The highest BCUT2D eigenvalue weighted by Gasteiger charge is 2.50. The lowest BCUT2D eigenvalue weighted by Gasteiger charge is -2.46. The first-order valence-electron chi connectivity index (χ1n) is 4.59. The molecule has 0 bridgehead atoms. The maximum atomic E-state index is 5.99. The van der Waals surface area contributed by atoms with Crippen molar-refractivity contribution in [1.82, 2.24) is 0 Å². The van der Waals surface area contributed by atoms with Gasteiger partial charge in [-0.15, -0.1) is 11.6 Å². The van der Waals surface area contributed by atoms with Crippen LogP contribution in [0, 0.1) is 0 Å². The summed E-state index contributed by atoms with van der Waals surface area (Å²) in [5.41, 5.74) is 0.843. The Morgan fingerprint density at radius 1 is 1.33 bits per heavy atom. The standard InChI is InChI=1S/C7H19ClOSi3/c1-11(2)6-5-9-10(7-8)12(11,3)4/h10H,5-7H2,1-4H3. The molecule has 1 aliphatic rings. The molecule has 0 amide bonds. The molecule has 72 valence electrons. The summed E-state index contributed by atoms with van der Waals surface area (Å²) < 4.78 is 5.88. The molecule has 0 N–H and O–H groups in total. The van der Waals surface area contributed by atoms with E-state index < -0.39 is 23.3 Å². The molecule has 0 radical (unpaired) electrons. The SMILES string of the molecule is C[Si]1(C)CCO[SiH](CCl)[Si]1(C)C. The van der Waals surface area contributed by atoms with Crippen molar-refractivity contribution in [2.24, 2.45) is 0 Å². The van der Waals surface area contributed by atoms with E-state index in [4.69, 9.17) is 16.0 Å². The monoisotopic (exact) mass is 238 g/mol. The summed E-state index contributed by atoms with van der Waals surface area (Å²) in [5.74, 6) is 0. The zero-order chi connectivity index (χ0) is 9.41. The van der Waals surface area contributed by atoms with Gasteiger partial charge in [0.15, 0.2) is 8.56 Å². The summed E-state index contributed by atoms with van der Waals surface area (Å²) in [6.07, 6.45) is 0. The second-order valence-corrected chi connectivity index (χ2v) is 31.0. The van der Waals surface area contributed by atoms with E-state index in [0.717, 1.165) is 12.1 Å². The molecule has 0 aromatic heterocycles. The van der Waals surface area contributed by atoms with Crippen molar-refractivity contribution < 1.29 is 4.43 Å². The van der Waals surface area contributed by atoms with E-state index in [-0.39, 0.29) is 0 Å². The van der Waals surface area contributed by atoms with Crippen molar-refractivity contribution in [3.63, 3.8) is 0 Å². The fourth-order valence-electron chi connectivity index (χ4n) is 1.66. The molecule has 1 saturated heterocycles. The number of rotatable bonds is 1. The second kappa shape index (κ2) is 3.57. The summed E-state index contributed by atoms with van der Waals surface area (Å²) in [5, 5.41) is 0. The average molecular weight is 239 g/mol. The minimum Gasteiger partial charge on any atom is -0.423 e. The first kappa shape index (κ1) is 11.0. The van der Waals surface area contributed by atoms with Crippen LogP contribution in [-0.2, 0) is 4.43 Å². The molecule has 0 aromatic carbocycles. The minimum atomic E-state index is -1.02. The van der Waals surface area contributed by atoms with E-state index in [9.17, 15) is 0 Å². The van der Waals surface area contributed by atoms with Crippen LogP contribution in [-0.4, -0.2) is 35.4 Å². The first-order chi connectivity index (χ1) is 5.42. The van der Waals surface area contributed by atoms with E-state index >= 15 is 0 Å². The molecule has 1 atom stereocenters. The molecule has 1 heterocycles. The predicted octanol–water partition coefficient (Wildman–Crippen LogP) is 2.09. The number of halogens is 1. The van der Waals surface area contributed by atoms with Crippen LogP contribution in [0.3, 0.4) is 0 Å². The van der Waals surface area contributed by atoms with Gasteiger partial charge in [0.25, 0.3) is 0 Å². The van der Waals surface area contributed by atoms with Gasteiger partial charge in [-0.3, -0.25) is 0 Å². The average Bonchev–Trinajstić information content (AvgIpc) is 1.95. The number of hydrogen-bond donors (Lipinski definition) is 0. The van der Waals surface area contributed by atoms with Crippen molar-refractivity contribution in [3.05, 3.63) is 0 Å². The van der Waals surface area contributed by atoms with Gasteiger partial charge in [0.1, 0.15) is 0 Å². The van der Waals surface area contributed by atoms with Crippen LogP contribution in [0.2, 0.25) is 32.2 Å². The van der Waals surface area contributed by atoms with Gasteiger partial charge in [0.05, 0.1) is 7.11 Å². The molecule has 12 heavy (non-hydrogen) atoms. The van der Waals surface area contributed by atoms with Gasteiger partial charge in [0, 0.05) is 19.7 Å². The van der Waals surface area contributed by atoms with Crippen molar-refractivity contribution in [3.8, 4) is 0 Å². The molecule has 1 fully saturated rings. The first-order valence-corrected chi connectivity index (χ1v) is 15.4. The molecule has 1 unspecified atom stereocenters. The lowest BCUT2D eigenvalue weighted by atomic mass is 10.9. The van der Waals surface area contributed by atoms with Crippen LogP contribution in [0.4, 0.5) is 0 Å². The Morgan fingerprint density at radius 3 is 2.33 bits per heavy atom. The smallest absolute Gasteiger partial charge is 0.176 e. The van der Waals surface area contributed by atoms with Crippen LogP contribution in [0.1, 0.15) is 0 Å². The molecular formula is C7H19ClOSi3. The summed E-state index contributed by atoms with van der Waals surface area (Å²) in [6, 6.07) is 1.37. The van der Waals surface area contributed by atoms with Gasteiger partial charge in [-0.25, -0.2) is 0 Å². The van der Waals surface area contributed by atoms with Crippen LogP contribution in [0.5, 0.6) is 0 Å². The van der Waals surface area contributed by atoms with Crippen LogP contribution >= 0.6 is 11.6 Å². The van der Waals surface area contributed by atoms with Crippen LogP contribution in [0.15, 0.2) is 0 Å². The maximum absolute atomic E-state index is 5.99. The lowest BCUT2D eigenvalue weighted by molar-refractivity contribution is 0.350. The normalized spacial score (nSPS) is 33.2. The third-order valence-electron chi connectivity index (χ3n) is 3.74. The topological polar surface area (TPSA) is 9.23 Å². The zero-order valence-corrected chi connectivity index (χ0v) is 12.4. The third kappa shape index (κ3) is 1.72. The van der Waals surface area contributed by atoms with Gasteiger partial charge in [-0.05, 0) is 6.04 Å². The molecule has 1 aliphatic heterocycles. The molecule has 1 nitrogen and oxygen atoms in total. The van der Waals surface area contributed by atoms with Crippen LogP contribution < -0.4 is 0 Å². The fraction of sp³-hybridized carbons (Fsp3) is 1.00. The van der Waals surface area contributed by atoms with E-state index in [2.05, 4.69) is 26.2 Å². The van der Waals surface area contributed by atoms with Crippen molar-refractivity contribution >= 4 is 34.9 Å². The minimum absolute atomic E-state index is 0.843. The molecule has 0 spiro atoms. The Hall–Kier alpha value is 0.901. The number of alkyl halides is 1. The van der Waals surface area contributed by atoms with Gasteiger partial charge >= 0.3 is 0 Å². The van der Waals surface area contributed by atoms with Gasteiger partial charge in [0.2, 0.25) is 0 Å². The summed E-state index contributed by atoms with van der Waals surface area (Å²) in [7, 11) is -2.91. The summed E-state index contributed by atoms with van der Waals surface area (Å²) in [4.78, 5) is 0. The largest absolute Gasteiger partial charge is 0.423 e. The van der Waals surface area contributed by atoms with E-state index in [1.54, 1.807) is 0 Å². The van der Waals surface area contributed by atoms with E-state index in [1.165, 1.54) is 6.04 Å². The predicted molar refractivity (Wildman–Crippen MR) is 63.6 cm³/mol. The molecule has 0 aliphatic carbocycles. The Morgan fingerprint density at radius 2 is 1.92 bits per heavy atom. The van der Waals surface area contributed by atoms with Crippen molar-refractivity contribution in [2.75, 3.05) is 12.1 Å². The fourth-order valence-corrected chi connectivity index (χ4v) is 28.7. The third-order valence-corrected chi connectivity index (χ3v) is 39.9.